The number of benzene rings is 1. The first-order chi connectivity index (χ1) is 10.1. The Morgan fingerprint density at radius 3 is 2.71 bits per heavy atom. The predicted molar refractivity (Wildman–Crippen MR) is 85.5 cm³/mol. The van der Waals surface area contributed by atoms with E-state index in [1.165, 1.54) is 11.6 Å². The van der Waals surface area contributed by atoms with Gasteiger partial charge in [0.1, 0.15) is 5.82 Å². The van der Waals surface area contributed by atoms with E-state index in [9.17, 15) is 4.79 Å². The second kappa shape index (κ2) is 7.74. The van der Waals surface area contributed by atoms with Crippen molar-refractivity contribution in [1.82, 2.24) is 15.3 Å². The van der Waals surface area contributed by atoms with Crippen molar-refractivity contribution in [2.45, 2.75) is 39.2 Å². The summed E-state index contributed by atoms with van der Waals surface area (Å²) in [4.78, 5) is 18.5. The summed E-state index contributed by atoms with van der Waals surface area (Å²) in [5.74, 6) is 0.753. The van der Waals surface area contributed by atoms with Gasteiger partial charge in [0.2, 0.25) is 0 Å². The topological polar surface area (TPSA) is 57.8 Å². The van der Waals surface area contributed by atoms with Crippen LogP contribution in [0, 0.1) is 6.92 Å². The van der Waals surface area contributed by atoms with Gasteiger partial charge in [0.15, 0.2) is 0 Å². The van der Waals surface area contributed by atoms with Crippen LogP contribution in [0.4, 0.5) is 0 Å². The van der Waals surface area contributed by atoms with Crippen LogP contribution < -0.4 is 10.9 Å². The van der Waals surface area contributed by atoms with E-state index in [4.69, 9.17) is 0 Å². The van der Waals surface area contributed by atoms with Crippen molar-refractivity contribution < 1.29 is 0 Å². The maximum atomic E-state index is 11.4. The fourth-order valence-corrected chi connectivity index (χ4v) is 2.33. The minimum atomic E-state index is -0.0744. The highest BCUT2D eigenvalue weighted by Crippen LogP contribution is 2.04. The van der Waals surface area contributed by atoms with E-state index in [1.807, 2.05) is 13.0 Å². The van der Waals surface area contributed by atoms with Crippen LogP contribution in [0.3, 0.4) is 0 Å². The van der Waals surface area contributed by atoms with Gasteiger partial charge in [-0.15, -0.1) is 0 Å². The normalized spacial score (nSPS) is 12.3. The van der Waals surface area contributed by atoms with Crippen LogP contribution in [0.25, 0.3) is 0 Å². The van der Waals surface area contributed by atoms with Gasteiger partial charge in [-0.1, -0.05) is 30.3 Å². The van der Waals surface area contributed by atoms with Gasteiger partial charge in [0, 0.05) is 30.8 Å². The van der Waals surface area contributed by atoms with Crippen LogP contribution in [-0.2, 0) is 12.8 Å². The summed E-state index contributed by atoms with van der Waals surface area (Å²) in [5.41, 5.74) is 2.07. The summed E-state index contributed by atoms with van der Waals surface area (Å²) in [6, 6.07) is 12.5. The zero-order valence-electron chi connectivity index (χ0n) is 12.7. The summed E-state index contributed by atoms with van der Waals surface area (Å²) in [7, 11) is 0. The van der Waals surface area contributed by atoms with E-state index in [0.717, 1.165) is 37.3 Å². The molecular weight excluding hydrogens is 262 g/mol. The lowest BCUT2D eigenvalue weighted by atomic mass is 10.1. The van der Waals surface area contributed by atoms with Crippen LogP contribution in [-0.4, -0.2) is 22.6 Å². The Hall–Kier alpha value is -1.94. The van der Waals surface area contributed by atoms with Crippen molar-refractivity contribution >= 4 is 0 Å². The van der Waals surface area contributed by atoms with Crippen LogP contribution >= 0.6 is 0 Å². The third kappa shape index (κ3) is 5.52. The number of rotatable bonds is 7. The maximum Gasteiger partial charge on any atom is 0.251 e. The third-order valence-electron chi connectivity index (χ3n) is 3.48. The molecule has 1 heterocycles. The first-order valence-corrected chi connectivity index (χ1v) is 7.47. The van der Waals surface area contributed by atoms with Crippen molar-refractivity contribution in [1.29, 1.82) is 0 Å². The average Bonchev–Trinajstić information content (AvgIpc) is 2.45. The average molecular weight is 285 g/mol. The molecule has 1 aromatic heterocycles. The Balaban J connectivity index is 1.71. The number of nitrogens with one attached hydrogen (secondary N) is 2. The Morgan fingerprint density at radius 1 is 1.24 bits per heavy atom. The van der Waals surface area contributed by atoms with E-state index in [1.54, 1.807) is 0 Å². The van der Waals surface area contributed by atoms with Crippen LogP contribution in [0.15, 0.2) is 41.2 Å². The highest BCUT2D eigenvalue weighted by atomic mass is 16.1. The zero-order valence-corrected chi connectivity index (χ0v) is 12.7. The third-order valence-corrected chi connectivity index (χ3v) is 3.48. The predicted octanol–water partition coefficient (Wildman–Crippen LogP) is 2.23. The molecule has 0 aliphatic heterocycles. The maximum absolute atomic E-state index is 11.4. The lowest BCUT2D eigenvalue weighted by Crippen LogP contribution is -2.29. The van der Waals surface area contributed by atoms with Gasteiger partial charge in [-0.25, -0.2) is 4.98 Å². The number of aromatic nitrogens is 2. The van der Waals surface area contributed by atoms with Crippen molar-refractivity contribution in [3.63, 3.8) is 0 Å². The number of aromatic amines is 1. The molecule has 0 aliphatic rings. The second-order valence-electron chi connectivity index (χ2n) is 5.46. The highest BCUT2D eigenvalue weighted by Gasteiger charge is 2.03. The van der Waals surface area contributed by atoms with Gasteiger partial charge >= 0.3 is 0 Å². The summed E-state index contributed by atoms with van der Waals surface area (Å²) in [5, 5.41) is 3.48. The minimum Gasteiger partial charge on any atom is -0.314 e. The monoisotopic (exact) mass is 285 g/mol. The summed E-state index contributed by atoms with van der Waals surface area (Å²) in [6.07, 6.45) is 2.92. The molecule has 0 fully saturated rings. The van der Waals surface area contributed by atoms with Crippen molar-refractivity contribution in [3.8, 4) is 0 Å². The first-order valence-electron chi connectivity index (χ1n) is 7.47. The fraction of sp³-hybridized carbons (Fsp3) is 0.412. The molecular formula is C17H23N3O. The largest absolute Gasteiger partial charge is 0.314 e. The smallest absolute Gasteiger partial charge is 0.251 e. The molecule has 112 valence electrons. The summed E-state index contributed by atoms with van der Waals surface area (Å²) in [6.45, 7) is 4.85. The Morgan fingerprint density at radius 2 is 2.00 bits per heavy atom. The highest BCUT2D eigenvalue weighted by molar-refractivity contribution is 5.14. The quantitative estimate of drug-likeness (QED) is 0.820. The molecule has 1 aromatic carbocycles. The molecule has 0 aliphatic carbocycles. The number of H-pyrrole nitrogens is 1. The molecule has 0 saturated heterocycles. The summed E-state index contributed by atoms with van der Waals surface area (Å²) >= 11 is 0. The van der Waals surface area contributed by atoms with Crippen LogP contribution in [0.2, 0.25) is 0 Å². The van der Waals surface area contributed by atoms with E-state index in [0.29, 0.717) is 6.04 Å². The van der Waals surface area contributed by atoms with Crippen LogP contribution in [0.1, 0.15) is 30.4 Å². The van der Waals surface area contributed by atoms with E-state index >= 15 is 0 Å². The van der Waals surface area contributed by atoms with Gasteiger partial charge in [0.25, 0.3) is 5.56 Å². The molecule has 2 aromatic rings. The SMILES string of the molecule is Cc1cc(=O)[nH]c(CCN[C@@H](C)CCc2ccccc2)n1. The number of hydrogen-bond donors (Lipinski definition) is 2. The van der Waals surface area contributed by atoms with E-state index in [2.05, 4.69) is 46.5 Å². The van der Waals surface area contributed by atoms with E-state index in [-0.39, 0.29) is 5.56 Å². The van der Waals surface area contributed by atoms with Crippen molar-refractivity contribution in [2.75, 3.05) is 6.54 Å². The van der Waals surface area contributed by atoms with Crippen molar-refractivity contribution in [2.24, 2.45) is 0 Å². The molecule has 1 atom stereocenters. The minimum absolute atomic E-state index is 0.0744. The standard InChI is InChI=1S/C17H23N3O/c1-13(8-9-15-6-4-3-5-7-15)18-11-10-16-19-14(2)12-17(21)20-16/h3-7,12-13,18H,8-11H2,1-2H3,(H,19,20,21)/t13-/m0/s1. The van der Waals surface area contributed by atoms with E-state index < -0.39 is 0 Å². The Kier molecular flexibility index (Phi) is 5.69. The van der Waals surface area contributed by atoms with Gasteiger partial charge in [-0.3, -0.25) is 4.79 Å². The molecule has 4 nitrogen and oxygen atoms in total. The number of hydrogen-bond acceptors (Lipinski definition) is 3. The molecule has 2 rings (SSSR count). The zero-order chi connectivity index (χ0) is 15.1. The molecule has 0 bridgehead atoms. The van der Waals surface area contributed by atoms with Gasteiger partial charge in [0.05, 0.1) is 0 Å². The molecule has 0 unspecified atom stereocenters. The van der Waals surface area contributed by atoms with Crippen LogP contribution in [0.5, 0.6) is 0 Å². The van der Waals surface area contributed by atoms with Crippen molar-refractivity contribution in [3.05, 3.63) is 63.8 Å². The fourth-order valence-electron chi connectivity index (χ4n) is 2.33. The molecule has 21 heavy (non-hydrogen) atoms. The summed E-state index contributed by atoms with van der Waals surface area (Å²) < 4.78 is 0. The number of nitrogens with zero attached hydrogens (tertiary/aromatic N) is 1. The second-order valence-corrected chi connectivity index (χ2v) is 5.46. The Labute approximate surface area is 125 Å². The molecule has 0 spiro atoms. The molecule has 0 radical (unpaired) electrons. The molecule has 4 heteroatoms. The lowest BCUT2D eigenvalue weighted by molar-refractivity contribution is 0.513. The van der Waals surface area contributed by atoms with Gasteiger partial charge in [-0.2, -0.15) is 0 Å². The molecule has 0 amide bonds. The first kappa shape index (κ1) is 15.4. The van der Waals surface area contributed by atoms with Gasteiger partial charge < -0.3 is 10.3 Å². The van der Waals surface area contributed by atoms with Gasteiger partial charge in [-0.05, 0) is 32.3 Å². The lowest BCUT2D eigenvalue weighted by Gasteiger charge is -2.13. The molecule has 0 saturated carbocycles. The number of aryl methyl sites for hydroxylation is 2. The molecule has 2 N–H and O–H groups in total. The Bertz CT molecular complexity index is 607.